The summed E-state index contributed by atoms with van der Waals surface area (Å²) in [5.41, 5.74) is 2.87. The molecule has 8 heteroatoms. The first-order chi connectivity index (χ1) is 15.6. The Hall–Kier alpha value is -2.87. The number of hydrogen-bond acceptors (Lipinski definition) is 6. The number of aromatic nitrogens is 2. The topological polar surface area (TPSA) is 61.5 Å². The molecule has 0 bridgehead atoms. The fourth-order valence-electron chi connectivity index (χ4n) is 4.01. The van der Waals surface area contributed by atoms with E-state index in [-0.39, 0.29) is 5.56 Å². The lowest BCUT2D eigenvalue weighted by molar-refractivity contribution is 0.244. The summed E-state index contributed by atoms with van der Waals surface area (Å²) >= 11 is 7.60. The van der Waals surface area contributed by atoms with E-state index in [4.69, 9.17) is 21.3 Å². The number of thiophene rings is 1. The number of rotatable bonds is 5. The largest absolute Gasteiger partial charge is 0.497 e. The molecule has 3 heterocycles. The van der Waals surface area contributed by atoms with E-state index in [0.29, 0.717) is 17.1 Å². The third-order valence-electron chi connectivity index (χ3n) is 5.73. The van der Waals surface area contributed by atoms with Crippen molar-refractivity contribution >= 4 is 38.8 Å². The molecule has 1 N–H and O–H groups in total. The highest BCUT2D eigenvalue weighted by atomic mass is 35.5. The SMILES string of the molecule is COc1ccc(-c2cc3nc(CN4CCN(c5cccc(Cl)c5)CC4)[nH]c(=O)c3s2)cc1. The average Bonchev–Trinajstić information content (AvgIpc) is 3.24. The standard InChI is InChI=1S/C24H23ClN4O2S/c1-31-19-7-5-16(6-8-19)21-14-20-23(32-21)24(30)27-22(26-20)15-28-9-11-29(12-10-28)18-4-2-3-17(25)13-18/h2-8,13-14H,9-12,15H2,1H3,(H,26,27,30). The van der Waals surface area contributed by atoms with Crippen LogP contribution in [0.5, 0.6) is 5.75 Å². The fraction of sp³-hybridized carbons (Fsp3) is 0.250. The van der Waals surface area contributed by atoms with Crippen LogP contribution in [-0.2, 0) is 6.54 Å². The molecular formula is C24H23ClN4O2S. The first-order valence-corrected chi connectivity index (χ1v) is 11.7. The number of ether oxygens (including phenoxy) is 1. The van der Waals surface area contributed by atoms with Crippen LogP contribution in [0.3, 0.4) is 0 Å². The molecule has 0 aliphatic carbocycles. The molecule has 2 aromatic carbocycles. The zero-order chi connectivity index (χ0) is 22.1. The number of piperazine rings is 1. The number of methoxy groups -OCH3 is 1. The van der Waals surface area contributed by atoms with Crippen LogP contribution in [0.25, 0.3) is 20.7 Å². The molecule has 1 saturated heterocycles. The maximum atomic E-state index is 12.7. The number of nitrogens with zero attached hydrogens (tertiary/aromatic N) is 3. The van der Waals surface area contributed by atoms with Crippen molar-refractivity contribution < 1.29 is 4.74 Å². The van der Waals surface area contributed by atoms with Crippen molar-refractivity contribution in [3.8, 4) is 16.2 Å². The summed E-state index contributed by atoms with van der Waals surface area (Å²) in [6.07, 6.45) is 0. The minimum Gasteiger partial charge on any atom is -0.497 e. The van der Waals surface area contributed by atoms with Gasteiger partial charge in [0.25, 0.3) is 5.56 Å². The average molecular weight is 467 g/mol. The molecule has 6 nitrogen and oxygen atoms in total. The van der Waals surface area contributed by atoms with Gasteiger partial charge >= 0.3 is 0 Å². The lowest BCUT2D eigenvalue weighted by Gasteiger charge is -2.35. The third-order valence-corrected chi connectivity index (χ3v) is 7.13. The van der Waals surface area contributed by atoms with E-state index in [1.807, 2.05) is 48.5 Å². The lowest BCUT2D eigenvalue weighted by atomic mass is 10.2. The Labute approximate surface area is 195 Å². The number of aromatic amines is 1. The van der Waals surface area contributed by atoms with Crippen molar-refractivity contribution in [3.63, 3.8) is 0 Å². The van der Waals surface area contributed by atoms with Crippen molar-refractivity contribution in [3.05, 3.63) is 75.8 Å². The van der Waals surface area contributed by atoms with E-state index in [1.165, 1.54) is 11.3 Å². The molecule has 0 spiro atoms. The molecule has 0 amide bonds. The van der Waals surface area contributed by atoms with Gasteiger partial charge in [0.1, 0.15) is 16.3 Å². The van der Waals surface area contributed by atoms with E-state index >= 15 is 0 Å². The van der Waals surface area contributed by atoms with Crippen molar-refractivity contribution in [2.24, 2.45) is 0 Å². The van der Waals surface area contributed by atoms with E-state index in [2.05, 4.69) is 20.9 Å². The fourth-order valence-corrected chi connectivity index (χ4v) is 5.19. The summed E-state index contributed by atoms with van der Waals surface area (Å²) in [5, 5.41) is 0.754. The number of nitrogens with one attached hydrogen (secondary N) is 1. The van der Waals surface area contributed by atoms with Gasteiger partial charge in [-0.2, -0.15) is 0 Å². The van der Waals surface area contributed by atoms with Crippen LogP contribution in [0.2, 0.25) is 5.02 Å². The molecule has 0 unspecified atom stereocenters. The highest BCUT2D eigenvalue weighted by molar-refractivity contribution is 7.22. The van der Waals surface area contributed by atoms with Crippen LogP contribution in [0.4, 0.5) is 5.69 Å². The van der Waals surface area contributed by atoms with Gasteiger partial charge in [-0.15, -0.1) is 11.3 Å². The molecule has 1 fully saturated rings. The Bertz CT molecular complexity index is 1290. The van der Waals surface area contributed by atoms with Crippen molar-refractivity contribution in [2.45, 2.75) is 6.54 Å². The second kappa shape index (κ2) is 8.94. The molecule has 0 radical (unpaired) electrons. The predicted octanol–water partition coefficient (Wildman–Crippen LogP) is 4.64. The maximum Gasteiger partial charge on any atom is 0.268 e. The molecule has 164 valence electrons. The van der Waals surface area contributed by atoms with Gasteiger partial charge in [0.05, 0.1) is 19.2 Å². The highest BCUT2D eigenvalue weighted by Gasteiger charge is 2.19. The van der Waals surface area contributed by atoms with Gasteiger partial charge in [0.15, 0.2) is 0 Å². The maximum absolute atomic E-state index is 12.7. The predicted molar refractivity (Wildman–Crippen MR) is 131 cm³/mol. The van der Waals surface area contributed by atoms with E-state index < -0.39 is 0 Å². The smallest absolute Gasteiger partial charge is 0.268 e. The van der Waals surface area contributed by atoms with Gasteiger partial charge in [-0.3, -0.25) is 9.69 Å². The first-order valence-electron chi connectivity index (χ1n) is 10.5. The van der Waals surface area contributed by atoms with Gasteiger partial charge in [0.2, 0.25) is 0 Å². The second-order valence-corrected chi connectivity index (χ2v) is 9.30. The summed E-state index contributed by atoms with van der Waals surface area (Å²) in [6.45, 7) is 4.24. The minimum atomic E-state index is -0.0766. The van der Waals surface area contributed by atoms with Crippen LogP contribution in [0.1, 0.15) is 5.82 Å². The molecule has 5 rings (SSSR count). The summed E-state index contributed by atoms with van der Waals surface area (Å²) < 4.78 is 5.89. The van der Waals surface area contributed by atoms with Crippen LogP contribution in [0, 0.1) is 0 Å². The van der Waals surface area contributed by atoms with E-state index in [0.717, 1.165) is 58.6 Å². The monoisotopic (exact) mass is 466 g/mol. The number of anilines is 1. The Morgan fingerprint density at radius 1 is 1.09 bits per heavy atom. The van der Waals surface area contributed by atoms with E-state index in [1.54, 1.807) is 7.11 Å². The summed E-state index contributed by atoms with van der Waals surface area (Å²) in [6, 6.07) is 17.8. The number of H-pyrrole nitrogens is 1. The number of halogens is 1. The highest BCUT2D eigenvalue weighted by Crippen LogP contribution is 2.32. The van der Waals surface area contributed by atoms with Gasteiger partial charge in [-0.05, 0) is 54.1 Å². The summed E-state index contributed by atoms with van der Waals surface area (Å²) in [7, 11) is 1.65. The van der Waals surface area contributed by atoms with Gasteiger partial charge in [0, 0.05) is 41.8 Å². The quantitative estimate of drug-likeness (QED) is 0.464. The molecule has 2 aromatic heterocycles. The van der Waals surface area contributed by atoms with Crippen molar-refractivity contribution in [1.82, 2.24) is 14.9 Å². The van der Waals surface area contributed by atoms with Crippen molar-refractivity contribution in [2.75, 3.05) is 38.2 Å². The molecule has 32 heavy (non-hydrogen) atoms. The Kier molecular flexibility index (Phi) is 5.87. The summed E-state index contributed by atoms with van der Waals surface area (Å²) in [4.78, 5) is 26.1. The van der Waals surface area contributed by atoms with Crippen LogP contribution in [0.15, 0.2) is 59.4 Å². The number of fused-ring (bicyclic) bond motifs is 1. The molecule has 0 atom stereocenters. The molecule has 4 aromatic rings. The Morgan fingerprint density at radius 3 is 2.59 bits per heavy atom. The Balaban J connectivity index is 1.30. The van der Waals surface area contributed by atoms with Crippen LogP contribution in [-0.4, -0.2) is 48.2 Å². The molecule has 1 aliphatic rings. The molecule has 1 aliphatic heterocycles. The van der Waals surface area contributed by atoms with Crippen molar-refractivity contribution in [1.29, 1.82) is 0 Å². The van der Waals surface area contributed by atoms with Gasteiger partial charge < -0.3 is 14.6 Å². The van der Waals surface area contributed by atoms with Gasteiger partial charge in [-0.25, -0.2) is 4.98 Å². The minimum absolute atomic E-state index is 0.0766. The number of benzene rings is 2. The normalized spacial score (nSPS) is 14.8. The van der Waals surface area contributed by atoms with Crippen LogP contribution >= 0.6 is 22.9 Å². The zero-order valence-corrected chi connectivity index (χ0v) is 19.2. The zero-order valence-electron chi connectivity index (χ0n) is 17.7. The van der Waals surface area contributed by atoms with Gasteiger partial charge in [-0.1, -0.05) is 17.7 Å². The number of hydrogen-bond donors (Lipinski definition) is 1. The Morgan fingerprint density at radius 2 is 1.88 bits per heavy atom. The first kappa shape index (κ1) is 21.0. The lowest BCUT2D eigenvalue weighted by Crippen LogP contribution is -2.46. The third kappa shape index (κ3) is 4.37. The molecule has 0 saturated carbocycles. The van der Waals surface area contributed by atoms with E-state index in [9.17, 15) is 4.79 Å². The van der Waals surface area contributed by atoms with Crippen LogP contribution < -0.4 is 15.2 Å². The summed E-state index contributed by atoms with van der Waals surface area (Å²) in [5.74, 6) is 1.52. The second-order valence-electron chi connectivity index (χ2n) is 7.81. The molecular weight excluding hydrogens is 444 g/mol.